The molecular formula is C23H19N3O3. The second-order valence-corrected chi connectivity index (χ2v) is 6.94. The number of anilines is 1. The molecule has 29 heavy (non-hydrogen) atoms. The number of rotatable bonds is 4. The number of aromatic nitrogens is 2. The lowest BCUT2D eigenvalue weighted by atomic mass is 9.95. The quantitative estimate of drug-likeness (QED) is 0.554. The number of benzene rings is 2. The zero-order valence-corrected chi connectivity index (χ0v) is 16.0. The van der Waals surface area contributed by atoms with Crippen LogP contribution in [-0.2, 0) is 0 Å². The van der Waals surface area contributed by atoms with Crippen LogP contribution in [0.2, 0.25) is 0 Å². The van der Waals surface area contributed by atoms with Crippen LogP contribution in [0.3, 0.4) is 0 Å². The maximum atomic E-state index is 12.8. The first-order chi connectivity index (χ1) is 14.0. The predicted molar refractivity (Wildman–Crippen MR) is 112 cm³/mol. The monoisotopic (exact) mass is 385 g/mol. The summed E-state index contributed by atoms with van der Waals surface area (Å²) in [5, 5.41) is 3.17. The molecule has 0 bridgehead atoms. The van der Waals surface area contributed by atoms with Crippen molar-refractivity contribution < 1.29 is 9.21 Å². The Labute approximate surface area is 167 Å². The van der Waals surface area contributed by atoms with Gasteiger partial charge in [-0.25, -0.2) is 4.98 Å². The first kappa shape index (κ1) is 18.6. The molecule has 6 nitrogen and oxygen atoms in total. The van der Waals surface area contributed by atoms with Gasteiger partial charge in [-0.2, -0.15) is 0 Å². The van der Waals surface area contributed by atoms with Gasteiger partial charge in [0.15, 0.2) is 11.0 Å². The summed E-state index contributed by atoms with van der Waals surface area (Å²) in [4.78, 5) is 33.2. The zero-order chi connectivity index (χ0) is 20.4. The van der Waals surface area contributed by atoms with Gasteiger partial charge in [0.2, 0.25) is 0 Å². The molecule has 6 heteroatoms. The zero-order valence-electron chi connectivity index (χ0n) is 16.0. The van der Waals surface area contributed by atoms with E-state index in [0.717, 1.165) is 11.1 Å². The van der Waals surface area contributed by atoms with Crippen LogP contribution >= 0.6 is 0 Å². The average molecular weight is 385 g/mol. The molecule has 0 saturated heterocycles. The minimum absolute atomic E-state index is 0.171. The molecule has 144 valence electrons. The SMILES string of the molecule is CC(C)c1ccccc1-c1cc(=O)c2cccc(NC(=O)c3cnccn3)c2o1. The second kappa shape index (κ2) is 7.67. The normalized spacial score (nSPS) is 11.0. The fourth-order valence-electron chi connectivity index (χ4n) is 3.24. The number of nitrogens with zero attached hydrogens (tertiary/aromatic N) is 2. The van der Waals surface area contributed by atoms with Gasteiger partial charge in [-0.05, 0) is 23.6 Å². The highest BCUT2D eigenvalue weighted by atomic mass is 16.3. The molecule has 0 fully saturated rings. The predicted octanol–water partition coefficient (Wildman–Crippen LogP) is 4.63. The van der Waals surface area contributed by atoms with E-state index in [4.69, 9.17) is 4.42 Å². The van der Waals surface area contributed by atoms with Gasteiger partial charge < -0.3 is 9.73 Å². The lowest BCUT2D eigenvalue weighted by molar-refractivity contribution is 0.102. The summed E-state index contributed by atoms with van der Waals surface area (Å²) >= 11 is 0. The van der Waals surface area contributed by atoms with Crippen molar-refractivity contribution in [2.75, 3.05) is 5.32 Å². The molecule has 2 aromatic carbocycles. The molecule has 4 aromatic rings. The second-order valence-electron chi connectivity index (χ2n) is 6.94. The lowest BCUT2D eigenvalue weighted by Crippen LogP contribution is -2.14. The van der Waals surface area contributed by atoms with E-state index in [1.54, 1.807) is 18.2 Å². The Morgan fingerprint density at radius 3 is 2.66 bits per heavy atom. The Balaban J connectivity index is 1.84. The number of carbonyl (C=O) groups is 1. The molecule has 0 unspecified atom stereocenters. The van der Waals surface area contributed by atoms with E-state index in [1.807, 2.05) is 24.3 Å². The third-order valence-corrected chi connectivity index (χ3v) is 4.65. The summed E-state index contributed by atoms with van der Waals surface area (Å²) in [7, 11) is 0. The molecule has 4 rings (SSSR count). The number of fused-ring (bicyclic) bond motifs is 1. The molecule has 0 aliphatic rings. The number of nitrogens with one attached hydrogen (secondary N) is 1. The fraction of sp³-hybridized carbons (Fsp3) is 0.130. The molecule has 0 atom stereocenters. The van der Waals surface area contributed by atoms with Crippen molar-refractivity contribution in [2.45, 2.75) is 19.8 Å². The van der Waals surface area contributed by atoms with Crippen molar-refractivity contribution >= 4 is 22.6 Å². The minimum Gasteiger partial charge on any atom is -0.454 e. The third kappa shape index (κ3) is 3.65. The van der Waals surface area contributed by atoms with Gasteiger partial charge in [-0.1, -0.05) is 44.2 Å². The largest absolute Gasteiger partial charge is 0.454 e. The molecule has 2 aromatic heterocycles. The van der Waals surface area contributed by atoms with E-state index >= 15 is 0 Å². The third-order valence-electron chi connectivity index (χ3n) is 4.65. The Hall–Kier alpha value is -3.80. The molecule has 0 spiro atoms. The van der Waals surface area contributed by atoms with Crippen LogP contribution in [0.15, 0.2) is 76.3 Å². The number of para-hydroxylation sites is 1. The van der Waals surface area contributed by atoms with Crippen LogP contribution in [0, 0.1) is 0 Å². The van der Waals surface area contributed by atoms with Gasteiger partial charge in [0.05, 0.1) is 17.3 Å². The fourth-order valence-corrected chi connectivity index (χ4v) is 3.24. The van der Waals surface area contributed by atoms with Crippen molar-refractivity contribution in [3.8, 4) is 11.3 Å². The Morgan fingerprint density at radius 1 is 1.07 bits per heavy atom. The lowest BCUT2D eigenvalue weighted by Gasteiger charge is -2.13. The van der Waals surface area contributed by atoms with Crippen molar-refractivity contribution in [2.24, 2.45) is 0 Å². The smallest absolute Gasteiger partial charge is 0.275 e. The standard InChI is InChI=1S/C23H19N3O3/c1-14(2)15-6-3-4-7-16(15)21-12-20(27)17-8-5-9-18(22(17)29-21)26-23(28)19-13-24-10-11-25-19/h3-14H,1-2H3,(H,26,28). The van der Waals surface area contributed by atoms with E-state index in [-0.39, 0.29) is 17.0 Å². The van der Waals surface area contributed by atoms with E-state index in [2.05, 4.69) is 29.1 Å². The summed E-state index contributed by atoms with van der Waals surface area (Å²) in [5.41, 5.74) is 2.67. The summed E-state index contributed by atoms with van der Waals surface area (Å²) < 4.78 is 6.14. The van der Waals surface area contributed by atoms with Gasteiger partial charge in [0, 0.05) is 24.0 Å². The highest BCUT2D eigenvalue weighted by Gasteiger charge is 2.16. The molecule has 1 N–H and O–H groups in total. The number of carbonyl (C=O) groups excluding carboxylic acids is 1. The first-order valence-corrected chi connectivity index (χ1v) is 9.28. The van der Waals surface area contributed by atoms with Gasteiger partial charge in [-0.15, -0.1) is 0 Å². The highest BCUT2D eigenvalue weighted by Crippen LogP contribution is 2.32. The first-order valence-electron chi connectivity index (χ1n) is 9.28. The minimum atomic E-state index is -0.429. The molecule has 0 aliphatic heterocycles. The van der Waals surface area contributed by atoms with Crippen molar-refractivity contribution in [1.82, 2.24) is 9.97 Å². The Morgan fingerprint density at radius 2 is 1.90 bits per heavy atom. The van der Waals surface area contributed by atoms with Crippen LogP contribution in [0.5, 0.6) is 0 Å². The van der Waals surface area contributed by atoms with Crippen molar-refractivity contribution in [3.05, 3.63) is 88.6 Å². The van der Waals surface area contributed by atoms with E-state index < -0.39 is 5.91 Å². The van der Waals surface area contributed by atoms with Gasteiger partial charge in [-0.3, -0.25) is 14.6 Å². The number of hydrogen-bond donors (Lipinski definition) is 1. The van der Waals surface area contributed by atoms with Crippen LogP contribution in [0.25, 0.3) is 22.3 Å². The van der Waals surface area contributed by atoms with E-state index in [0.29, 0.717) is 22.4 Å². The Bertz CT molecular complexity index is 1250. The highest BCUT2D eigenvalue weighted by molar-refractivity contribution is 6.06. The number of amides is 1. The molecule has 0 aliphatic carbocycles. The van der Waals surface area contributed by atoms with Crippen LogP contribution in [-0.4, -0.2) is 15.9 Å². The molecular weight excluding hydrogens is 366 g/mol. The average Bonchev–Trinajstić information content (AvgIpc) is 2.74. The summed E-state index contributed by atoms with van der Waals surface area (Å²) in [6, 6.07) is 14.4. The van der Waals surface area contributed by atoms with Crippen LogP contribution in [0.4, 0.5) is 5.69 Å². The van der Waals surface area contributed by atoms with Crippen LogP contribution in [0.1, 0.15) is 35.8 Å². The van der Waals surface area contributed by atoms with Gasteiger partial charge >= 0.3 is 0 Å². The van der Waals surface area contributed by atoms with Gasteiger partial charge in [0.25, 0.3) is 5.91 Å². The number of hydrogen-bond acceptors (Lipinski definition) is 5. The molecule has 0 radical (unpaired) electrons. The molecule has 1 amide bonds. The molecule has 2 heterocycles. The maximum absolute atomic E-state index is 12.8. The maximum Gasteiger partial charge on any atom is 0.275 e. The topological polar surface area (TPSA) is 85.1 Å². The van der Waals surface area contributed by atoms with Crippen LogP contribution < -0.4 is 10.7 Å². The molecule has 0 saturated carbocycles. The van der Waals surface area contributed by atoms with E-state index in [9.17, 15) is 9.59 Å². The Kier molecular flexibility index (Phi) is 4.91. The van der Waals surface area contributed by atoms with Gasteiger partial charge in [0.1, 0.15) is 11.5 Å². The van der Waals surface area contributed by atoms with E-state index in [1.165, 1.54) is 24.7 Å². The summed E-state index contributed by atoms with van der Waals surface area (Å²) in [6.45, 7) is 4.18. The summed E-state index contributed by atoms with van der Waals surface area (Å²) in [6.07, 6.45) is 4.31. The summed E-state index contributed by atoms with van der Waals surface area (Å²) in [5.74, 6) is 0.299. The van der Waals surface area contributed by atoms with Crippen molar-refractivity contribution in [3.63, 3.8) is 0 Å². The van der Waals surface area contributed by atoms with Crippen molar-refractivity contribution in [1.29, 1.82) is 0 Å².